The van der Waals surface area contributed by atoms with Crippen molar-refractivity contribution < 1.29 is 0 Å². The summed E-state index contributed by atoms with van der Waals surface area (Å²) < 4.78 is 1.04. The summed E-state index contributed by atoms with van der Waals surface area (Å²) >= 11 is 15.9. The van der Waals surface area contributed by atoms with Gasteiger partial charge in [0.05, 0.1) is 0 Å². The summed E-state index contributed by atoms with van der Waals surface area (Å²) in [4.78, 5) is 0. The van der Waals surface area contributed by atoms with E-state index in [1.54, 1.807) is 0 Å². The summed E-state index contributed by atoms with van der Waals surface area (Å²) in [7, 11) is 0. The molecule has 0 spiro atoms. The molecule has 0 nitrogen and oxygen atoms in total. The molecule has 0 aliphatic carbocycles. The number of benzene rings is 3. The monoisotopic (exact) mass is 376 g/mol. The Balaban J connectivity index is 2.16. The van der Waals surface area contributed by atoms with Crippen LogP contribution in [0.2, 0.25) is 10.0 Å². The molecule has 0 fully saturated rings. The highest BCUT2D eigenvalue weighted by molar-refractivity contribution is 9.10. The Morgan fingerprint density at radius 1 is 0.619 bits per heavy atom. The van der Waals surface area contributed by atoms with Crippen LogP contribution in [0.1, 0.15) is 0 Å². The van der Waals surface area contributed by atoms with E-state index in [4.69, 9.17) is 23.2 Å². The lowest BCUT2D eigenvalue weighted by atomic mass is 9.99. The average Bonchev–Trinajstić information content (AvgIpc) is 2.47. The van der Waals surface area contributed by atoms with E-state index in [-0.39, 0.29) is 0 Å². The zero-order valence-electron chi connectivity index (χ0n) is 11.0. The van der Waals surface area contributed by atoms with Crippen molar-refractivity contribution in [2.75, 3.05) is 0 Å². The fraction of sp³-hybridized carbons (Fsp3) is 0. The molecular formula is C18H11BrCl2. The van der Waals surface area contributed by atoms with Crippen molar-refractivity contribution in [2.45, 2.75) is 0 Å². The Morgan fingerprint density at radius 3 is 1.48 bits per heavy atom. The van der Waals surface area contributed by atoms with Gasteiger partial charge in [0.2, 0.25) is 0 Å². The van der Waals surface area contributed by atoms with Crippen molar-refractivity contribution in [2.24, 2.45) is 0 Å². The van der Waals surface area contributed by atoms with Gasteiger partial charge in [-0.15, -0.1) is 0 Å². The summed E-state index contributed by atoms with van der Waals surface area (Å²) in [6.45, 7) is 0. The van der Waals surface area contributed by atoms with Crippen molar-refractivity contribution in [1.29, 1.82) is 0 Å². The summed E-state index contributed by atoms with van der Waals surface area (Å²) in [5.41, 5.74) is 4.38. The lowest BCUT2D eigenvalue weighted by molar-refractivity contribution is 1.55. The van der Waals surface area contributed by atoms with Gasteiger partial charge >= 0.3 is 0 Å². The van der Waals surface area contributed by atoms with Crippen molar-refractivity contribution in [3.05, 3.63) is 81.2 Å². The van der Waals surface area contributed by atoms with Gasteiger partial charge in [0.25, 0.3) is 0 Å². The van der Waals surface area contributed by atoms with Crippen LogP contribution in [0.4, 0.5) is 0 Å². The number of hydrogen-bond acceptors (Lipinski definition) is 0. The van der Waals surface area contributed by atoms with Gasteiger partial charge in [-0.2, -0.15) is 0 Å². The molecule has 0 atom stereocenters. The molecule has 0 amide bonds. The first-order chi connectivity index (χ1) is 10.1. The van der Waals surface area contributed by atoms with Crippen LogP contribution in [-0.2, 0) is 0 Å². The second-order valence-electron chi connectivity index (χ2n) is 4.69. The molecule has 0 aliphatic heterocycles. The minimum atomic E-state index is 0.729. The van der Waals surface area contributed by atoms with Crippen molar-refractivity contribution in [1.82, 2.24) is 0 Å². The average molecular weight is 378 g/mol. The van der Waals surface area contributed by atoms with Gasteiger partial charge in [-0.05, 0) is 62.4 Å². The lowest BCUT2D eigenvalue weighted by Crippen LogP contribution is -1.85. The molecule has 0 saturated carbocycles. The molecule has 0 saturated heterocycles. The van der Waals surface area contributed by atoms with E-state index in [0.29, 0.717) is 0 Å². The normalized spacial score (nSPS) is 10.6. The number of rotatable bonds is 2. The highest BCUT2D eigenvalue weighted by atomic mass is 79.9. The first-order valence-electron chi connectivity index (χ1n) is 6.45. The maximum Gasteiger partial charge on any atom is 0.0412 e. The highest BCUT2D eigenvalue weighted by Gasteiger charge is 2.10. The summed E-state index contributed by atoms with van der Waals surface area (Å²) in [5, 5.41) is 1.46. The smallest absolute Gasteiger partial charge is 0.0412 e. The third-order valence-corrected chi connectivity index (χ3v) is 4.59. The van der Waals surface area contributed by atoms with E-state index in [0.717, 1.165) is 36.8 Å². The number of halogens is 3. The maximum absolute atomic E-state index is 6.09. The Kier molecular flexibility index (Phi) is 4.34. The molecule has 3 heteroatoms. The van der Waals surface area contributed by atoms with Crippen LogP contribution in [0.5, 0.6) is 0 Å². The SMILES string of the molecule is Clc1cccc(-c2cccc(-c3cccc(Cl)c3)c2Br)c1. The van der Waals surface area contributed by atoms with Gasteiger partial charge in [-0.3, -0.25) is 0 Å². The standard InChI is InChI=1S/C18H11BrCl2/c19-18-16(12-4-1-6-14(20)10-12)8-3-9-17(18)13-5-2-7-15(21)11-13/h1-11H. The van der Waals surface area contributed by atoms with Crippen LogP contribution in [0.25, 0.3) is 22.3 Å². The second kappa shape index (κ2) is 6.23. The van der Waals surface area contributed by atoms with Crippen molar-refractivity contribution in [3.63, 3.8) is 0 Å². The van der Waals surface area contributed by atoms with Gasteiger partial charge < -0.3 is 0 Å². The minimum Gasteiger partial charge on any atom is -0.0843 e. The quantitative estimate of drug-likeness (QED) is 0.447. The van der Waals surface area contributed by atoms with Gasteiger partial charge in [0.1, 0.15) is 0 Å². The number of hydrogen-bond donors (Lipinski definition) is 0. The molecule has 0 bridgehead atoms. The molecule has 0 aliphatic rings. The molecule has 104 valence electrons. The van der Waals surface area contributed by atoms with Crippen molar-refractivity contribution >= 4 is 39.1 Å². The minimum absolute atomic E-state index is 0.729. The van der Waals surface area contributed by atoms with Crippen LogP contribution in [-0.4, -0.2) is 0 Å². The molecule has 0 unspecified atom stereocenters. The van der Waals surface area contributed by atoms with Crippen LogP contribution >= 0.6 is 39.1 Å². The van der Waals surface area contributed by atoms with Crippen LogP contribution in [0, 0.1) is 0 Å². The van der Waals surface area contributed by atoms with Crippen molar-refractivity contribution in [3.8, 4) is 22.3 Å². The molecule has 0 N–H and O–H groups in total. The topological polar surface area (TPSA) is 0 Å². The third kappa shape index (κ3) is 3.16. The molecule has 0 radical (unpaired) electrons. The van der Waals surface area contributed by atoms with Gasteiger partial charge in [0, 0.05) is 14.5 Å². The Hall–Kier alpha value is -1.28. The Labute approximate surface area is 142 Å². The third-order valence-electron chi connectivity index (χ3n) is 3.27. The molecule has 3 aromatic carbocycles. The second-order valence-corrected chi connectivity index (χ2v) is 6.35. The molecule has 0 aromatic heterocycles. The zero-order chi connectivity index (χ0) is 14.8. The maximum atomic E-state index is 6.09. The first-order valence-corrected chi connectivity index (χ1v) is 8.00. The van der Waals surface area contributed by atoms with Gasteiger partial charge in [-0.25, -0.2) is 0 Å². The molecule has 0 heterocycles. The molecule has 21 heavy (non-hydrogen) atoms. The van der Waals surface area contributed by atoms with Crippen LogP contribution < -0.4 is 0 Å². The van der Waals surface area contributed by atoms with Gasteiger partial charge in [0.15, 0.2) is 0 Å². The predicted octanol–water partition coefficient (Wildman–Crippen LogP) is 7.09. The van der Waals surface area contributed by atoms with Gasteiger partial charge in [-0.1, -0.05) is 65.7 Å². The zero-order valence-corrected chi connectivity index (χ0v) is 14.1. The van der Waals surface area contributed by atoms with E-state index in [1.807, 2.05) is 54.6 Å². The fourth-order valence-electron chi connectivity index (χ4n) is 2.29. The van der Waals surface area contributed by atoms with E-state index in [9.17, 15) is 0 Å². The molecule has 3 rings (SSSR count). The molecule has 3 aromatic rings. The fourth-order valence-corrected chi connectivity index (χ4v) is 3.39. The Morgan fingerprint density at radius 2 is 1.05 bits per heavy atom. The first kappa shape index (κ1) is 14.6. The molecular weight excluding hydrogens is 367 g/mol. The summed E-state index contributed by atoms with van der Waals surface area (Å²) in [6.07, 6.45) is 0. The highest BCUT2D eigenvalue weighted by Crippen LogP contribution is 2.37. The van der Waals surface area contributed by atoms with E-state index in [1.165, 1.54) is 0 Å². The van der Waals surface area contributed by atoms with E-state index >= 15 is 0 Å². The van der Waals surface area contributed by atoms with Crippen LogP contribution in [0.3, 0.4) is 0 Å². The summed E-state index contributed by atoms with van der Waals surface area (Å²) in [6, 6.07) is 21.9. The van der Waals surface area contributed by atoms with Crippen LogP contribution in [0.15, 0.2) is 71.2 Å². The largest absolute Gasteiger partial charge is 0.0843 e. The predicted molar refractivity (Wildman–Crippen MR) is 95.0 cm³/mol. The lowest BCUT2D eigenvalue weighted by Gasteiger charge is -2.11. The van der Waals surface area contributed by atoms with E-state index < -0.39 is 0 Å². The van der Waals surface area contributed by atoms with E-state index in [2.05, 4.69) is 28.1 Å². The summed E-state index contributed by atoms with van der Waals surface area (Å²) in [5.74, 6) is 0. The Bertz CT molecular complexity index is 733.